The second kappa shape index (κ2) is 8.32. The van der Waals surface area contributed by atoms with Crippen molar-refractivity contribution in [2.45, 2.75) is 37.7 Å². The third-order valence-electron chi connectivity index (χ3n) is 5.97. The lowest BCUT2D eigenvalue weighted by Crippen LogP contribution is -2.40. The van der Waals surface area contributed by atoms with E-state index in [1.807, 2.05) is 0 Å². The molecule has 0 bridgehead atoms. The predicted octanol–water partition coefficient (Wildman–Crippen LogP) is 2.68. The van der Waals surface area contributed by atoms with Crippen LogP contribution in [0.25, 0.3) is 11.3 Å². The maximum Gasteiger partial charge on any atom is 0.231 e. The Morgan fingerprint density at radius 3 is 2.64 bits per heavy atom. The number of ketones is 1. The van der Waals surface area contributed by atoms with Gasteiger partial charge in [0.1, 0.15) is 40.6 Å². The number of ether oxygens (including phenoxy) is 1. The lowest BCUT2D eigenvalue weighted by atomic mass is 9.81. The highest BCUT2D eigenvalue weighted by Crippen LogP contribution is 2.45. The fraction of sp³-hybridized carbons (Fsp3) is 0.292. The van der Waals surface area contributed by atoms with Crippen LogP contribution in [0.2, 0.25) is 0 Å². The number of halogens is 1. The molecule has 1 amide bonds. The molecule has 1 aliphatic rings. The van der Waals surface area contributed by atoms with E-state index in [9.17, 15) is 19.1 Å². The van der Waals surface area contributed by atoms with Crippen molar-refractivity contribution in [2.24, 2.45) is 5.73 Å². The Kier molecular flexibility index (Phi) is 5.67. The zero-order valence-electron chi connectivity index (χ0n) is 18.2. The molecule has 33 heavy (non-hydrogen) atoms. The number of nitrogens with zero attached hydrogens (tertiary/aromatic N) is 3. The Hall–Kier alpha value is -3.72. The number of nitrogens with two attached hydrogens (primary N) is 1. The zero-order valence-corrected chi connectivity index (χ0v) is 18.2. The Morgan fingerprint density at radius 2 is 2.00 bits per heavy atom. The van der Waals surface area contributed by atoms with Crippen molar-refractivity contribution < 1.29 is 23.8 Å². The summed E-state index contributed by atoms with van der Waals surface area (Å²) in [7, 11) is 0. The SMILES string of the molecule is C[C@](O)(CCC(=O)c1cnccn1)c1cc2c(c(-c3ccc(F)cc3)n1)OC[C@]2(C)C(N)=O. The monoisotopic (exact) mass is 450 g/mol. The van der Waals surface area contributed by atoms with Gasteiger partial charge in [-0.25, -0.2) is 14.4 Å². The van der Waals surface area contributed by atoms with E-state index in [4.69, 9.17) is 10.5 Å². The van der Waals surface area contributed by atoms with Gasteiger partial charge in [-0.05, 0) is 50.6 Å². The van der Waals surface area contributed by atoms with E-state index in [-0.39, 0.29) is 36.6 Å². The number of rotatable bonds is 7. The average Bonchev–Trinajstić information content (AvgIpc) is 3.16. The van der Waals surface area contributed by atoms with Crippen LogP contribution in [0.3, 0.4) is 0 Å². The van der Waals surface area contributed by atoms with Gasteiger partial charge in [0.05, 0.1) is 11.9 Å². The summed E-state index contributed by atoms with van der Waals surface area (Å²) in [5, 5.41) is 11.3. The number of aromatic nitrogens is 3. The second-order valence-corrected chi connectivity index (χ2v) is 8.51. The Labute approximate surface area is 189 Å². The summed E-state index contributed by atoms with van der Waals surface area (Å²) in [6.07, 6.45) is 4.31. The molecule has 2 atom stereocenters. The van der Waals surface area contributed by atoms with E-state index in [1.54, 1.807) is 13.0 Å². The molecule has 9 heteroatoms. The van der Waals surface area contributed by atoms with Crippen molar-refractivity contribution in [1.82, 2.24) is 15.0 Å². The fourth-order valence-electron chi connectivity index (χ4n) is 3.72. The Morgan fingerprint density at radius 1 is 1.27 bits per heavy atom. The van der Waals surface area contributed by atoms with Gasteiger partial charge >= 0.3 is 0 Å². The first-order chi connectivity index (χ1) is 15.6. The molecule has 3 aromatic rings. The van der Waals surface area contributed by atoms with Crippen LogP contribution in [0, 0.1) is 5.82 Å². The molecule has 0 fully saturated rings. The summed E-state index contributed by atoms with van der Waals surface area (Å²) in [4.78, 5) is 37.2. The number of aliphatic hydroxyl groups is 1. The summed E-state index contributed by atoms with van der Waals surface area (Å²) >= 11 is 0. The van der Waals surface area contributed by atoms with Crippen LogP contribution < -0.4 is 10.5 Å². The quantitative estimate of drug-likeness (QED) is 0.530. The van der Waals surface area contributed by atoms with E-state index in [0.29, 0.717) is 22.6 Å². The van der Waals surface area contributed by atoms with Crippen LogP contribution in [-0.4, -0.2) is 38.4 Å². The number of hydrogen-bond donors (Lipinski definition) is 2. The van der Waals surface area contributed by atoms with Crippen LogP contribution in [-0.2, 0) is 15.8 Å². The molecule has 170 valence electrons. The van der Waals surface area contributed by atoms with E-state index in [2.05, 4.69) is 15.0 Å². The summed E-state index contributed by atoms with van der Waals surface area (Å²) in [6, 6.07) is 7.24. The van der Waals surface area contributed by atoms with E-state index in [0.717, 1.165) is 0 Å². The van der Waals surface area contributed by atoms with Crippen molar-refractivity contribution in [3.8, 4) is 17.0 Å². The van der Waals surface area contributed by atoms with Gasteiger partial charge in [0.2, 0.25) is 5.91 Å². The first kappa shape index (κ1) is 22.5. The number of benzene rings is 1. The van der Waals surface area contributed by atoms with Gasteiger partial charge in [0.15, 0.2) is 5.78 Å². The number of amides is 1. The normalized spacial score (nSPS) is 18.8. The van der Waals surface area contributed by atoms with Gasteiger partial charge in [-0.2, -0.15) is 0 Å². The van der Waals surface area contributed by atoms with Gasteiger partial charge in [0.25, 0.3) is 0 Å². The first-order valence-electron chi connectivity index (χ1n) is 10.4. The molecule has 4 rings (SSSR count). The average molecular weight is 450 g/mol. The number of Topliss-reactive ketones (excluding diaryl/α,β-unsaturated/α-hetero) is 1. The predicted molar refractivity (Wildman–Crippen MR) is 117 cm³/mol. The minimum absolute atomic E-state index is 0.0000725. The van der Waals surface area contributed by atoms with Gasteiger partial charge in [-0.1, -0.05) is 0 Å². The van der Waals surface area contributed by atoms with Gasteiger partial charge in [-0.3, -0.25) is 14.6 Å². The number of hydrogen-bond acceptors (Lipinski definition) is 7. The fourth-order valence-corrected chi connectivity index (χ4v) is 3.72. The van der Waals surface area contributed by atoms with Crippen LogP contribution >= 0.6 is 0 Å². The zero-order chi connectivity index (χ0) is 23.8. The van der Waals surface area contributed by atoms with E-state index in [1.165, 1.54) is 49.8 Å². The molecule has 8 nitrogen and oxygen atoms in total. The van der Waals surface area contributed by atoms with E-state index >= 15 is 0 Å². The van der Waals surface area contributed by atoms with Gasteiger partial charge in [0, 0.05) is 29.9 Å². The molecule has 2 aromatic heterocycles. The highest BCUT2D eigenvalue weighted by Gasteiger charge is 2.45. The number of primary amides is 1. The maximum atomic E-state index is 13.5. The summed E-state index contributed by atoms with van der Waals surface area (Å²) < 4.78 is 19.3. The molecule has 1 aliphatic heterocycles. The standard InChI is InChI=1S/C24H23FN4O4/c1-23(22(26)31)13-33-21-16(23)11-19(29-20(21)14-3-5-15(25)6-4-14)24(2,32)8-7-18(30)17-12-27-9-10-28-17/h3-6,9-12,32H,7-8,13H2,1-2H3,(H2,26,31)/t23-,24-/m0/s1. The minimum atomic E-state index is -1.52. The van der Waals surface area contributed by atoms with Crippen molar-refractivity contribution in [1.29, 1.82) is 0 Å². The second-order valence-electron chi connectivity index (χ2n) is 8.51. The molecule has 0 radical (unpaired) electrons. The van der Waals surface area contributed by atoms with E-state index < -0.39 is 22.7 Å². The van der Waals surface area contributed by atoms with Crippen molar-refractivity contribution >= 4 is 11.7 Å². The number of carbonyl (C=O) groups excluding carboxylic acids is 2. The maximum absolute atomic E-state index is 13.5. The lowest BCUT2D eigenvalue weighted by Gasteiger charge is -2.25. The molecule has 0 aliphatic carbocycles. The highest BCUT2D eigenvalue weighted by atomic mass is 19.1. The number of carbonyl (C=O) groups is 2. The molecule has 3 N–H and O–H groups in total. The lowest BCUT2D eigenvalue weighted by molar-refractivity contribution is -0.123. The molecule has 0 saturated carbocycles. The van der Waals surface area contributed by atoms with Crippen molar-refractivity contribution in [2.75, 3.05) is 6.61 Å². The summed E-state index contributed by atoms with van der Waals surface area (Å²) in [6.45, 7) is 3.22. The largest absolute Gasteiger partial charge is 0.489 e. The summed E-state index contributed by atoms with van der Waals surface area (Å²) in [5.41, 5.74) is 4.85. The molecule has 0 unspecified atom stereocenters. The third-order valence-corrected chi connectivity index (χ3v) is 5.97. The number of pyridine rings is 1. The molecular formula is C24H23FN4O4. The molecule has 0 saturated heterocycles. The highest BCUT2D eigenvalue weighted by molar-refractivity contribution is 5.94. The van der Waals surface area contributed by atoms with Crippen molar-refractivity contribution in [3.05, 3.63) is 71.7 Å². The Balaban J connectivity index is 1.74. The smallest absolute Gasteiger partial charge is 0.231 e. The minimum Gasteiger partial charge on any atom is -0.489 e. The molecule has 0 spiro atoms. The van der Waals surface area contributed by atoms with Crippen LogP contribution in [0.5, 0.6) is 5.75 Å². The van der Waals surface area contributed by atoms with Crippen LogP contribution in [0.4, 0.5) is 4.39 Å². The third kappa shape index (κ3) is 4.19. The first-order valence-corrected chi connectivity index (χ1v) is 10.4. The van der Waals surface area contributed by atoms with Crippen LogP contribution in [0.15, 0.2) is 48.9 Å². The van der Waals surface area contributed by atoms with Gasteiger partial charge in [-0.15, -0.1) is 0 Å². The van der Waals surface area contributed by atoms with Crippen molar-refractivity contribution in [3.63, 3.8) is 0 Å². The summed E-state index contributed by atoms with van der Waals surface area (Å²) in [5.74, 6) is -0.906. The molecule has 3 heterocycles. The molecule has 1 aromatic carbocycles. The Bertz CT molecular complexity index is 1220. The molecular weight excluding hydrogens is 427 g/mol. The number of fused-ring (bicyclic) bond motifs is 1. The van der Waals surface area contributed by atoms with Gasteiger partial charge < -0.3 is 15.6 Å². The van der Waals surface area contributed by atoms with Crippen LogP contribution in [0.1, 0.15) is 48.4 Å². The topological polar surface area (TPSA) is 128 Å².